The summed E-state index contributed by atoms with van der Waals surface area (Å²) in [4.78, 5) is 11.8. The molecule has 0 spiro atoms. The molecular weight excluding hydrogens is 303 g/mol. The maximum absolute atomic E-state index is 13.2. The number of amides is 1. The average Bonchev–Trinajstić information content (AvgIpc) is 2.35. The van der Waals surface area contributed by atoms with Crippen LogP contribution in [0.15, 0.2) is 18.2 Å². The van der Waals surface area contributed by atoms with E-state index in [2.05, 4.69) is 0 Å². The molecule has 0 aliphatic carbocycles. The maximum Gasteiger partial charge on any atom is 0.259 e. The number of nitrogens with zero attached hydrogens (tertiary/aromatic N) is 1. The van der Waals surface area contributed by atoms with Crippen LogP contribution >= 0.6 is 12.2 Å². The van der Waals surface area contributed by atoms with Gasteiger partial charge in [0.1, 0.15) is 10.8 Å². The summed E-state index contributed by atoms with van der Waals surface area (Å²) >= 11 is 4.81. The first-order valence-electron chi connectivity index (χ1n) is 5.74. The fraction of sp³-hybridized carbons (Fsp3) is 0.333. The predicted molar refractivity (Wildman–Crippen MR) is 75.8 cm³/mol. The van der Waals surface area contributed by atoms with Gasteiger partial charge < -0.3 is 5.73 Å². The molecule has 20 heavy (non-hydrogen) atoms. The van der Waals surface area contributed by atoms with Gasteiger partial charge >= 0.3 is 0 Å². The normalized spacial score (nSPS) is 19.6. The molecule has 0 unspecified atom stereocenters. The lowest BCUT2D eigenvalue weighted by molar-refractivity contribution is -0.132. The van der Waals surface area contributed by atoms with Gasteiger partial charge in [-0.3, -0.25) is 4.79 Å². The summed E-state index contributed by atoms with van der Waals surface area (Å²) in [7, 11) is -3.69. The van der Waals surface area contributed by atoms with Crippen molar-refractivity contribution in [2.24, 2.45) is 5.73 Å². The van der Waals surface area contributed by atoms with Gasteiger partial charge in [0.25, 0.3) is 15.9 Å². The first kappa shape index (κ1) is 14.9. The third-order valence-electron chi connectivity index (χ3n) is 3.33. The second-order valence-electron chi connectivity index (χ2n) is 4.99. The Kier molecular flexibility index (Phi) is 3.34. The number of sulfonamides is 1. The minimum atomic E-state index is -3.69. The summed E-state index contributed by atoms with van der Waals surface area (Å²) in [6, 6.07) is 3.66. The van der Waals surface area contributed by atoms with E-state index in [-0.39, 0.29) is 17.1 Å². The molecule has 0 aromatic heterocycles. The van der Waals surface area contributed by atoms with Gasteiger partial charge in [0.2, 0.25) is 0 Å². The van der Waals surface area contributed by atoms with Crippen molar-refractivity contribution in [2.75, 3.05) is 0 Å². The first-order valence-corrected chi connectivity index (χ1v) is 7.59. The zero-order valence-electron chi connectivity index (χ0n) is 10.9. The van der Waals surface area contributed by atoms with Crippen LogP contribution in [0.1, 0.15) is 25.0 Å². The fourth-order valence-corrected chi connectivity index (χ4v) is 3.68. The highest BCUT2D eigenvalue weighted by Gasteiger charge is 2.59. The molecule has 5 nitrogen and oxygen atoms in total. The Morgan fingerprint density at radius 1 is 1.45 bits per heavy atom. The second-order valence-corrected chi connectivity index (χ2v) is 7.84. The van der Waals surface area contributed by atoms with E-state index in [0.717, 1.165) is 10.4 Å². The molecule has 1 aliphatic heterocycles. The maximum atomic E-state index is 13.2. The van der Waals surface area contributed by atoms with Crippen LogP contribution in [-0.2, 0) is 21.4 Å². The molecule has 1 saturated heterocycles. The van der Waals surface area contributed by atoms with Crippen LogP contribution in [-0.4, -0.2) is 28.4 Å². The number of hydrogen-bond donors (Lipinski definition) is 1. The number of carbonyl (C=O) groups excluding carboxylic acids is 1. The molecule has 8 heteroatoms. The molecule has 1 aromatic rings. The minimum absolute atomic E-state index is 0.0517. The van der Waals surface area contributed by atoms with Crippen LogP contribution in [0.4, 0.5) is 4.39 Å². The van der Waals surface area contributed by atoms with Gasteiger partial charge in [-0.1, -0.05) is 18.3 Å². The van der Waals surface area contributed by atoms with Crippen molar-refractivity contribution in [3.63, 3.8) is 0 Å². The third kappa shape index (κ3) is 1.99. The lowest BCUT2D eigenvalue weighted by Gasteiger charge is -2.43. The van der Waals surface area contributed by atoms with E-state index in [9.17, 15) is 17.6 Å². The molecule has 1 fully saturated rings. The first-order chi connectivity index (χ1) is 9.09. The van der Waals surface area contributed by atoms with Crippen molar-refractivity contribution >= 4 is 33.1 Å². The van der Waals surface area contributed by atoms with Crippen molar-refractivity contribution in [1.82, 2.24) is 4.31 Å². The molecule has 1 aliphatic rings. The van der Waals surface area contributed by atoms with E-state index in [1.807, 2.05) is 0 Å². The topological polar surface area (TPSA) is 80.5 Å². The highest BCUT2D eigenvalue weighted by molar-refractivity contribution is 7.94. The van der Waals surface area contributed by atoms with Gasteiger partial charge in [0.15, 0.2) is 4.75 Å². The van der Waals surface area contributed by atoms with E-state index in [1.54, 1.807) is 0 Å². The van der Waals surface area contributed by atoms with E-state index >= 15 is 0 Å². The van der Waals surface area contributed by atoms with Crippen LogP contribution in [0.5, 0.6) is 0 Å². The fourth-order valence-electron chi connectivity index (χ4n) is 1.98. The van der Waals surface area contributed by atoms with Gasteiger partial charge in [-0.05, 0) is 31.5 Å². The molecular formula is C12H13FN2O3S2. The monoisotopic (exact) mass is 316 g/mol. The van der Waals surface area contributed by atoms with Crippen LogP contribution in [0.2, 0.25) is 0 Å². The summed E-state index contributed by atoms with van der Waals surface area (Å²) in [6.07, 6.45) is 0. The Morgan fingerprint density at radius 2 is 2.05 bits per heavy atom. The standard InChI is InChI=1S/C12H13FN2O3S2/c1-12(2)11(16)15(20(12,17)18)6-7-3-4-8(13)5-9(7)10(14)19/h3-5H,6H2,1-2H3,(H2,14,19). The number of benzene rings is 1. The lowest BCUT2D eigenvalue weighted by atomic mass is 10.1. The molecule has 108 valence electrons. The van der Waals surface area contributed by atoms with Crippen LogP contribution < -0.4 is 5.73 Å². The van der Waals surface area contributed by atoms with Crippen molar-refractivity contribution in [3.8, 4) is 0 Å². The Hall–Kier alpha value is -1.54. The zero-order chi connectivity index (χ0) is 15.3. The van der Waals surface area contributed by atoms with E-state index in [0.29, 0.717) is 5.56 Å². The third-order valence-corrected chi connectivity index (χ3v) is 5.89. The molecule has 0 radical (unpaired) electrons. The van der Waals surface area contributed by atoms with Gasteiger partial charge in [0.05, 0.1) is 6.54 Å². The molecule has 1 aromatic carbocycles. The van der Waals surface area contributed by atoms with Gasteiger partial charge in [-0.2, -0.15) is 0 Å². The molecule has 0 bridgehead atoms. The number of thiocarbonyl (C=S) groups is 1. The summed E-state index contributed by atoms with van der Waals surface area (Å²) < 4.78 is 36.5. The second kappa shape index (κ2) is 4.49. The molecule has 2 N–H and O–H groups in total. The number of halogens is 1. The van der Waals surface area contributed by atoms with E-state index in [1.165, 1.54) is 26.0 Å². The van der Waals surface area contributed by atoms with Crippen LogP contribution in [0.25, 0.3) is 0 Å². The largest absolute Gasteiger partial charge is 0.389 e. The molecule has 1 amide bonds. The number of carbonyl (C=O) groups is 1. The van der Waals surface area contributed by atoms with Gasteiger partial charge in [-0.25, -0.2) is 17.1 Å². The van der Waals surface area contributed by atoms with Gasteiger partial charge in [0, 0.05) is 5.56 Å². The van der Waals surface area contributed by atoms with Crippen molar-refractivity contribution in [1.29, 1.82) is 0 Å². The molecule has 1 heterocycles. The summed E-state index contributed by atoms with van der Waals surface area (Å²) in [5.74, 6) is -1.04. The quantitative estimate of drug-likeness (QED) is 0.839. The molecule has 0 atom stereocenters. The predicted octanol–water partition coefficient (Wildman–Crippen LogP) is 0.911. The Bertz CT molecular complexity index is 713. The van der Waals surface area contributed by atoms with Crippen LogP contribution in [0, 0.1) is 5.82 Å². The minimum Gasteiger partial charge on any atom is -0.389 e. The number of rotatable bonds is 3. The van der Waals surface area contributed by atoms with Crippen molar-refractivity contribution in [3.05, 3.63) is 35.1 Å². The Morgan fingerprint density at radius 3 is 2.55 bits per heavy atom. The van der Waals surface area contributed by atoms with E-state index in [4.69, 9.17) is 18.0 Å². The van der Waals surface area contributed by atoms with Crippen LogP contribution in [0.3, 0.4) is 0 Å². The van der Waals surface area contributed by atoms with Crippen molar-refractivity contribution in [2.45, 2.75) is 25.1 Å². The molecule has 2 rings (SSSR count). The Balaban J connectivity index is 2.38. The smallest absolute Gasteiger partial charge is 0.259 e. The highest BCUT2D eigenvalue weighted by Crippen LogP contribution is 2.36. The average molecular weight is 316 g/mol. The van der Waals surface area contributed by atoms with E-state index < -0.39 is 26.5 Å². The summed E-state index contributed by atoms with van der Waals surface area (Å²) in [6.45, 7) is 2.50. The van der Waals surface area contributed by atoms with Gasteiger partial charge in [-0.15, -0.1) is 0 Å². The molecule has 0 saturated carbocycles. The zero-order valence-corrected chi connectivity index (χ0v) is 12.5. The lowest BCUT2D eigenvalue weighted by Crippen LogP contribution is -2.66. The number of nitrogens with two attached hydrogens (primary N) is 1. The Labute approximate surface area is 121 Å². The summed E-state index contributed by atoms with van der Waals surface area (Å²) in [5.41, 5.74) is 6.11. The SMILES string of the molecule is CC1(C)C(=O)N(Cc2ccc(F)cc2C(N)=S)S1(=O)=O. The number of hydrogen-bond acceptors (Lipinski definition) is 4. The van der Waals surface area contributed by atoms with Crippen molar-refractivity contribution < 1.29 is 17.6 Å². The highest BCUT2D eigenvalue weighted by atomic mass is 32.2. The summed E-state index contributed by atoms with van der Waals surface area (Å²) in [5, 5.41) is 0.